The first kappa shape index (κ1) is 27.0. The molecule has 0 bridgehead atoms. The van der Waals surface area contributed by atoms with Gasteiger partial charge in [0.15, 0.2) is 0 Å². The molecule has 39 heavy (non-hydrogen) atoms. The second-order valence-electron chi connectivity index (χ2n) is 11.1. The summed E-state index contributed by atoms with van der Waals surface area (Å²) >= 11 is 0. The number of amides is 1. The first-order valence-electron chi connectivity index (χ1n) is 13.2. The fourth-order valence-corrected chi connectivity index (χ4v) is 5.23. The van der Waals surface area contributed by atoms with Gasteiger partial charge in [0.05, 0.1) is 24.7 Å². The van der Waals surface area contributed by atoms with E-state index in [-0.39, 0.29) is 24.9 Å². The van der Waals surface area contributed by atoms with Crippen LogP contribution in [0.2, 0.25) is 0 Å². The Kier molecular flexibility index (Phi) is 7.03. The van der Waals surface area contributed by atoms with Gasteiger partial charge < -0.3 is 18.8 Å². The zero-order chi connectivity index (χ0) is 27.9. The Morgan fingerprint density at radius 3 is 2.05 bits per heavy atom. The molecule has 1 aliphatic carbocycles. The molecule has 0 aromatic heterocycles. The minimum Gasteiger partial charge on any atom is -0.469 e. The van der Waals surface area contributed by atoms with Gasteiger partial charge in [-0.05, 0) is 79.5 Å². The fourth-order valence-electron chi connectivity index (χ4n) is 5.23. The van der Waals surface area contributed by atoms with E-state index in [1.165, 1.54) is 18.2 Å². The number of benzene rings is 3. The third kappa shape index (κ3) is 5.06. The molecule has 0 unspecified atom stereocenters. The monoisotopic (exact) mass is 527 g/mol. The Balaban J connectivity index is 1.38. The predicted octanol–water partition coefficient (Wildman–Crippen LogP) is 5.37. The predicted molar refractivity (Wildman–Crippen MR) is 151 cm³/mol. The number of nitrogens with one attached hydrogen (secondary N) is 1. The molecular weight excluding hydrogens is 493 g/mol. The van der Waals surface area contributed by atoms with Crippen LogP contribution in [-0.2, 0) is 30.0 Å². The summed E-state index contributed by atoms with van der Waals surface area (Å²) in [7, 11) is 0.692. The van der Waals surface area contributed by atoms with E-state index in [4.69, 9.17) is 18.8 Å². The number of fused-ring (bicyclic) bond motifs is 3. The van der Waals surface area contributed by atoms with Crippen molar-refractivity contribution in [2.45, 2.75) is 58.2 Å². The number of ether oxygens (including phenoxy) is 2. The number of esters is 1. The Labute approximate surface area is 229 Å². The van der Waals surface area contributed by atoms with E-state index in [1.807, 2.05) is 65.0 Å². The standard InChI is InChI=1S/C31H34BNO6/c1-19-26(32-38-30(2,3)31(4,5)39-32)15-20(17-28(34)36-6)16-27(19)33-29(35)37-18-25-23-13-9-7-11-21(23)22-12-8-10-14-24(22)25/h7-16,25H,17-18H2,1-6H3,(H,33,35). The number of hydrogen-bond acceptors (Lipinski definition) is 6. The number of hydrogen-bond donors (Lipinski definition) is 1. The lowest BCUT2D eigenvalue weighted by molar-refractivity contribution is -0.139. The van der Waals surface area contributed by atoms with Crippen molar-refractivity contribution in [3.05, 3.63) is 82.9 Å². The van der Waals surface area contributed by atoms with Crippen LogP contribution in [0.4, 0.5) is 10.5 Å². The molecule has 2 aliphatic rings. The molecule has 1 amide bonds. The van der Waals surface area contributed by atoms with Gasteiger partial charge in [-0.1, -0.05) is 54.6 Å². The molecule has 1 heterocycles. The first-order valence-corrected chi connectivity index (χ1v) is 13.2. The van der Waals surface area contributed by atoms with Gasteiger partial charge in [0, 0.05) is 11.6 Å². The smallest absolute Gasteiger partial charge is 0.469 e. The van der Waals surface area contributed by atoms with Gasteiger partial charge in [0.2, 0.25) is 0 Å². The van der Waals surface area contributed by atoms with Crippen LogP contribution in [0.25, 0.3) is 11.1 Å². The van der Waals surface area contributed by atoms with Gasteiger partial charge in [-0.25, -0.2) is 4.79 Å². The molecule has 5 rings (SSSR count). The highest BCUT2D eigenvalue weighted by Crippen LogP contribution is 2.44. The lowest BCUT2D eigenvalue weighted by atomic mass is 9.74. The first-order chi connectivity index (χ1) is 18.5. The molecule has 1 fully saturated rings. The van der Waals surface area contributed by atoms with Crippen molar-refractivity contribution in [1.29, 1.82) is 0 Å². The zero-order valence-electron chi connectivity index (χ0n) is 23.3. The van der Waals surface area contributed by atoms with Crippen molar-refractivity contribution in [2.24, 2.45) is 0 Å². The second-order valence-corrected chi connectivity index (χ2v) is 11.1. The Morgan fingerprint density at radius 1 is 0.923 bits per heavy atom. The largest absolute Gasteiger partial charge is 0.495 e. The van der Waals surface area contributed by atoms with Crippen LogP contribution in [-0.4, -0.2) is 44.1 Å². The van der Waals surface area contributed by atoms with Crippen molar-refractivity contribution in [2.75, 3.05) is 19.0 Å². The number of anilines is 1. The molecule has 7 nitrogen and oxygen atoms in total. The Bertz CT molecular complexity index is 1370. The number of carbonyl (C=O) groups excluding carboxylic acids is 2. The summed E-state index contributed by atoms with van der Waals surface area (Å²) in [5.41, 5.74) is 6.26. The van der Waals surface area contributed by atoms with E-state index in [2.05, 4.69) is 29.6 Å². The Hall–Kier alpha value is -3.62. The van der Waals surface area contributed by atoms with E-state index in [9.17, 15) is 9.59 Å². The van der Waals surface area contributed by atoms with Gasteiger partial charge >= 0.3 is 19.2 Å². The minimum atomic E-state index is -0.657. The summed E-state index contributed by atoms with van der Waals surface area (Å²) in [6.45, 7) is 10.0. The van der Waals surface area contributed by atoms with Gasteiger partial charge in [-0.3, -0.25) is 10.1 Å². The molecular formula is C31H34BNO6. The van der Waals surface area contributed by atoms with E-state index in [0.717, 1.165) is 22.2 Å². The summed E-state index contributed by atoms with van der Waals surface area (Å²) in [6.07, 6.45) is -0.530. The number of rotatable bonds is 6. The van der Waals surface area contributed by atoms with Crippen molar-refractivity contribution >= 4 is 30.3 Å². The molecule has 1 aliphatic heterocycles. The number of carbonyl (C=O) groups is 2. The Morgan fingerprint density at radius 2 is 1.49 bits per heavy atom. The highest BCUT2D eigenvalue weighted by molar-refractivity contribution is 6.63. The summed E-state index contributed by atoms with van der Waals surface area (Å²) < 4.78 is 23.2. The van der Waals surface area contributed by atoms with Crippen LogP contribution in [0.15, 0.2) is 60.7 Å². The zero-order valence-corrected chi connectivity index (χ0v) is 23.3. The molecule has 1 saturated heterocycles. The maximum atomic E-state index is 13.1. The highest BCUT2D eigenvalue weighted by Gasteiger charge is 2.52. The van der Waals surface area contributed by atoms with E-state index < -0.39 is 24.4 Å². The third-order valence-corrected chi connectivity index (χ3v) is 8.17. The third-order valence-electron chi connectivity index (χ3n) is 8.17. The van der Waals surface area contributed by atoms with Crippen LogP contribution in [0.3, 0.4) is 0 Å². The summed E-state index contributed by atoms with van der Waals surface area (Å²) in [4.78, 5) is 25.2. The van der Waals surface area contributed by atoms with E-state index in [1.54, 1.807) is 6.07 Å². The molecule has 0 saturated carbocycles. The topological polar surface area (TPSA) is 83.1 Å². The van der Waals surface area contributed by atoms with Crippen molar-refractivity contribution < 1.29 is 28.4 Å². The lowest BCUT2D eigenvalue weighted by Crippen LogP contribution is -2.41. The van der Waals surface area contributed by atoms with E-state index in [0.29, 0.717) is 11.3 Å². The average molecular weight is 527 g/mol. The highest BCUT2D eigenvalue weighted by atomic mass is 16.7. The van der Waals surface area contributed by atoms with Gasteiger partial charge in [-0.2, -0.15) is 0 Å². The summed E-state index contributed by atoms with van der Waals surface area (Å²) in [5, 5.41) is 2.89. The molecule has 3 aromatic rings. The van der Waals surface area contributed by atoms with Crippen LogP contribution in [0, 0.1) is 6.92 Å². The van der Waals surface area contributed by atoms with Gasteiger partial charge in [-0.15, -0.1) is 0 Å². The molecule has 3 aromatic carbocycles. The van der Waals surface area contributed by atoms with Gasteiger partial charge in [0.1, 0.15) is 6.61 Å². The van der Waals surface area contributed by atoms with Crippen LogP contribution in [0.5, 0.6) is 0 Å². The van der Waals surface area contributed by atoms with Crippen molar-refractivity contribution in [1.82, 2.24) is 0 Å². The fraction of sp³-hybridized carbons (Fsp3) is 0.355. The van der Waals surface area contributed by atoms with Gasteiger partial charge in [0.25, 0.3) is 0 Å². The minimum absolute atomic E-state index is 0.0443. The maximum Gasteiger partial charge on any atom is 0.495 e. The average Bonchev–Trinajstić information content (AvgIpc) is 3.33. The lowest BCUT2D eigenvalue weighted by Gasteiger charge is -2.32. The summed E-state index contributed by atoms with van der Waals surface area (Å²) in [6, 6.07) is 20.1. The summed E-state index contributed by atoms with van der Waals surface area (Å²) in [5.74, 6) is -0.430. The van der Waals surface area contributed by atoms with Crippen LogP contribution >= 0.6 is 0 Å². The molecule has 8 heteroatoms. The van der Waals surface area contributed by atoms with Crippen LogP contribution in [0.1, 0.15) is 55.9 Å². The molecule has 202 valence electrons. The molecule has 0 spiro atoms. The SMILES string of the molecule is COC(=O)Cc1cc(NC(=O)OCC2c3ccccc3-c3ccccc32)c(C)c(B2OC(C)(C)C(C)(C)O2)c1. The normalized spacial score (nSPS) is 16.9. The number of methoxy groups -OCH3 is 1. The molecule has 0 radical (unpaired) electrons. The van der Waals surface area contributed by atoms with E-state index >= 15 is 0 Å². The van der Waals surface area contributed by atoms with Crippen molar-refractivity contribution in [3.63, 3.8) is 0 Å². The quantitative estimate of drug-likeness (QED) is 0.343. The molecule has 0 atom stereocenters. The second kappa shape index (κ2) is 10.2. The maximum absolute atomic E-state index is 13.1. The van der Waals surface area contributed by atoms with Crippen LogP contribution < -0.4 is 10.8 Å². The van der Waals surface area contributed by atoms with Crippen molar-refractivity contribution in [3.8, 4) is 11.1 Å². The molecule has 1 N–H and O–H groups in total.